The van der Waals surface area contributed by atoms with Gasteiger partial charge < -0.3 is 9.94 Å². The van der Waals surface area contributed by atoms with Gasteiger partial charge in [-0.1, -0.05) is 19.0 Å². The number of ether oxygens (including phenoxy) is 1. The van der Waals surface area contributed by atoms with Gasteiger partial charge in [0.25, 0.3) is 0 Å². The van der Waals surface area contributed by atoms with Crippen LogP contribution in [0.25, 0.3) is 0 Å². The highest BCUT2D eigenvalue weighted by Crippen LogP contribution is 2.38. The molecule has 0 aliphatic rings. The van der Waals surface area contributed by atoms with Gasteiger partial charge in [-0.15, -0.1) is 0 Å². The van der Waals surface area contributed by atoms with Gasteiger partial charge in [0.15, 0.2) is 0 Å². The number of halogens is 3. The van der Waals surface area contributed by atoms with Crippen LogP contribution in [0.2, 0.25) is 0 Å². The van der Waals surface area contributed by atoms with Gasteiger partial charge in [-0.2, -0.15) is 13.2 Å². The smallest absolute Gasteiger partial charge is 0.419 e. The minimum atomic E-state index is -4.55. The van der Waals surface area contributed by atoms with E-state index < -0.39 is 17.3 Å². The molecule has 118 valence electrons. The standard InChI is InChI=1S/C15H20F3NO2/c1-9(2)13(19-20)10-6-7-12(21-14(3,4)5)11(8-10)15(16,17)18/h6-9,20H,1-5H3/b19-13+. The van der Waals surface area contributed by atoms with Gasteiger partial charge in [0, 0.05) is 5.56 Å². The summed E-state index contributed by atoms with van der Waals surface area (Å²) in [5.74, 6) is -0.440. The molecule has 21 heavy (non-hydrogen) atoms. The Bertz CT molecular complexity index is 529. The first-order valence-corrected chi connectivity index (χ1v) is 6.58. The molecule has 0 saturated carbocycles. The van der Waals surface area contributed by atoms with Crippen LogP contribution in [0, 0.1) is 5.92 Å². The van der Waals surface area contributed by atoms with Crippen molar-refractivity contribution in [2.24, 2.45) is 11.1 Å². The van der Waals surface area contributed by atoms with Crippen molar-refractivity contribution in [3.05, 3.63) is 29.3 Å². The van der Waals surface area contributed by atoms with Gasteiger partial charge in [-0.25, -0.2) is 0 Å². The van der Waals surface area contributed by atoms with Gasteiger partial charge in [0.2, 0.25) is 0 Å². The molecule has 0 aliphatic heterocycles. The van der Waals surface area contributed by atoms with Gasteiger partial charge in [0.05, 0.1) is 11.3 Å². The summed E-state index contributed by atoms with van der Waals surface area (Å²) in [7, 11) is 0. The van der Waals surface area contributed by atoms with Crippen molar-refractivity contribution in [2.45, 2.75) is 46.4 Å². The topological polar surface area (TPSA) is 41.8 Å². The molecule has 0 unspecified atom stereocenters. The van der Waals surface area contributed by atoms with E-state index in [1.807, 2.05) is 0 Å². The largest absolute Gasteiger partial charge is 0.488 e. The zero-order valence-corrected chi connectivity index (χ0v) is 12.7. The molecular weight excluding hydrogens is 283 g/mol. The summed E-state index contributed by atoms with van der Waals surface area (Å²) in [6, 6.07) is 3.68. The molecule has 0 fully saturated rings. The van der Waals surface area contributed by atoms with Crippen LogP contribution in [-0.2, 0) is 6.18 Å². The summed E-state index contributed by atoms with van der Waals surface area (Å²) in [5.41, 5.74) is -1.20. The van der Waals surface area contributed by atoms with Crippen LogP contribution in [0.1, 0.15) is 45.7 Å². The fourth-order valence-electron chi connectivity index (χ4n) is 1.84. The maximum Gasteiger partial charge on any atom is 0.419 e. The summed E-state index contributed by atoms with van der Waals surface area (Å²) in [6.45, 7) is 8.51. The Morgan fingerprint density at radius 1 is 1.19 bits per heavy atom. The Hall–Kier alpha value is -1.72. The van der Waals surface area contributed by atoms with Crippen LogP contribution in [0.15, 0.2) is 23.4 Å². The third-order valence-corrected chi connectivity index (χ3v) is 2.65. The summed E-state index contributed by atoms with van der Waals surface area (Å²) in [5, 5.41) is 12.1. The Balaban J connectivity index is 3.39. The molecule has 0 atom stereocenters. The van der Waals surface area contributed by atoms with Crippen LogP contribution < -0.4 is 4.74 Å². The monoisotopic (exact) mass is 303 g/mol. The zero-order valence-electron chi connectivity index (χ0n) is 12.7. The molecule has 0 saturated heterocycles. The minimum absolute atomic E-state index is 0.197. The lowest BCUT2D eigenvalue weighted by Gasteiger charge is -2.24. The maximum atomic E-state index is 13.2. The van der Waals surface area contributed by atoms with E-state index in [1.54, 1.807) is 34.6 Å². The Kier molecular flexibility index (Phi) is 4.91. The molecule has 1 aromatic rings. The first-order chi connectivity index (χ1) is 9.45. The van der Waals surface area contributed by atoms with Crippen molar-refractivity contribution < 1.29 is 23.1 Å². The second-order valence-electron chi connectivity index (χ2n) is 6.06. The van der Waals surface area contributed by atoms with Crippen molar-refractivity contribution in [2.75, 3.05) is 0 Å². The van der Waals surface area contributed by atoms with E-state index in [9.17, 15) is 13.2 Å². The second-order valence-corrected chi connectivity index (χ2v) is 6.06. The van der Waals surface area contributed by atoms with Crippen LogP contribution in [0.5, 0.6) is 5.75 Å². The highest BCUT2D eigenvalue weighted by Gasteiger charge is 2.36. The van der Waals surface area contributed by atoms with Crippen LogP contribution in [0.4, 0.5) is 13.2 Å². The fourth-order valence-corrected chi connectivity index (χ4v) is 1.84. The zero-order chi connectivity index (χ0) is 16.4. The maximum absolute atomic E-state index is 13.2. The summed E-state index contributed by atoms with van der Waals surface area (Å²) >= 11 is 0. The van der Waals surface area contributed by atoms with E-state index in [1.165, 1.54) is 12.1 Å². The highest BCUT2D eigenvalue weighted by molar-refractivity contribution is 6.01. The molecule has 0 bridgehead atoms. The predicted octanol–water partition coefficient (Wildman–Crippen LogP) is 4.72. The SMILES string of the molecule is CC(C)/C(=N\O)c1ccc(OC(C)(C)C)c(C(F)(F)F)c1. The Labute approximate surface area is 122 Å². The molecule has 0 heterocycles. The molecular formula is C15H20F3NO2. The van der Waals surface area contributed by atoms with E-state index in [4.69, 9.17) is 9.94 Å². The quantitative estimate of drug-likeness (QED) is 0.499. The third-order valence-electron chi connectivity index (χ3n) is 2.65. The van der Waals surface area contributed by atoms with E-state index in [-0.39, 0.29) is 22.9 Å². The Morgan fingerprint density at radius 2 is 1.76 bits per heavy atom. The first kappa shape index (κ1) is 17.3. The molecule has 1 aromatic carbocycles. The number of rotatable bonds is 3. The number of benzene rings is 1. The fraction of sp³-hybridized carbons (Fsp3) is 0.533. The van der Waals surface area contributed by atoms with Crippen LogP contribution in [-0.4, -0.2) is 16.5 Å². The average molecular weight is 303 g/mol. The molecule has 0 aromatic heterocycles. The van der Waals surface area contributed by atoms with Crippen molar-refractivity contribution in [3.8, 4) is 5.75 Å². The number of alkyl halides is 3. The van der Waals surface area contributed by atoms with Gasteiger partial charge >= 0.3 is 6.18 Å². The van der Waals surface area contributed by atoms with Crippen molar-refractivity contribution in [3.63, 3.8) is 0 Å². The van der Waals surface area contributed by atoms with E-state index in [0.717, 1.165) is 6.07 Å². The highest BCUT2D eigenvalue weighted by atomic mass is 19.4. The van der Waals surface area contributed by atoms with Crippen molar-refractivity contribution in [1.29, 1.82) is 0 Å². The molecule has 3 nitrogen and oxygen atoms in total. The number of nitrogens with zero attached hydrogens (tertiary/aromatic N) is 1. The molecule has 0 spiro atoms. The molecule has 1 N–H and O–H groups in total. The van der Waals surface area contributed by atoms with Crippen molar-refractivity contribution >= 4 is 5.71 Å². The van der Waals surface area contributed by atoms with Gasteiger partial charge in [-0.3, -0.25) is 0 Å². The number of hydrogen-bond donors (Lipinski definition) is 1. The van der Waals surface area contributed by atoms with Crippen molar-refractivity contribution in [1.82, 2.24) is 0 Å². The van der Waals surface area contributed by atoms with E-state index >= 15 is 0 Å². The molecule has 0 amide bonds. The lowest BCUT2D eigenvalue weighted by atomic mass is 9.97. The first-order valence-electron chi connectivity index (χ1n) is 6.58. The second kappa shape index (κ2) is 5.95. The average Bonchev–Trinajstić information content (AvgIpc) is 2.27. The van der Waals surface area contributed by atoms with Gasteiger partial charge in [0.1, 0.15) is 11.4 Å². The van der Waals surface area contributed by atoms with E-state index in [2.05, 4.69) is 5.16 Å². The molecule has 0 aliphatic carbocycles. The Morgan fingerprint density at radius 3 is 2.14 bits per heavy atom. The lowest BCUT2D eigenvalue weighted by Crippen LogP contribution is -2.25. The van der Waals surface area contributed by atoms with Crippen LogP contribution >= 0.6 is 0 Å². The third kappa shape index (κ3) is 4.65. The van der Waals surface area contributed by atoms with E-state index in [0.29, 0.717) is 0 Å². The number of oxime groups is 1. The summed E-state index contributed by atoms with van der Waals surface area (Å²) in [6.07, 6.45) is -4.55. The lowest BCUT2D eigenvalue weighted by molar-refractivity contribution is -0.139. The molecule has 0 radical (unpaired) electrons. The normalized spacial score (nSPS) is 13.7. The number of hydrogen-bond acceptors (Lipinski definition) is 3. The predicted molar refractivity (Wildman–Crippen MR) is 75.0 cm³/mol. The van der Waals surface area contributed by atoms with Crippen LogP contribution in [0.3, 0.4) is 0 Å². The van der Waals surface area contributed by atoms with Gasteiger partial charge in [-0.05, 0) is 44.9 Å². The minimum Gasteiger partial charge on any atom is -0.488 e. The summed E-state index contributed by atoms with van der Waals surface area (Å²) < 4.78 is 44.9. The molecule has 1 rings (SSSR count). The molecule has 6 heteroatoms. The summed E-state index contributed by atoms with van der Waals surface area (Å²) in [4.78, 5) is 0.